The van der Waals surface area contributed by atoms with E-state index in [1.54, 1.807) is 24.3 Å². The third-order valence-corrected chi connectivity index (χ3v) is 5.15. The number of carbonyl (C=O) groups is 1. The molecular formula is C19H22ClN3O4. The van der Waals surface area contributed by atoms with Crippen molar-refractivity contribution in [2.24, 2.45) is 0 Å². The van der Waals surface area contributed by atoms with Gasteiger partial charge in [0.2, 0.25) is 11.7 Å². The molecule has 5 rings (SSSR count). The number of benzene rings is 1. The fraction of sp³-hybridized carbons (Fsp3) is 0.526. The summed E-state index contributed by atoms with van der Waals surface area (Å²) in [7, 11) is 0. The van der Waals surface area contributed by atoms with Crippen LogP contribution in [0.25, 0.3) is 0 Å². The van der Waals surface area contributed by atoms with E-state index in [1.165, 1.54) is 0 Å². The van der Waals surface area contributed by atoms with Gasteiger partial charge in [0.25, 0.3) is 0 Å². The van der Waals surface area contributed by atoms with Crippen molar-refractivity contribution in [3.8, 4) is 5.75 Å². The molecule has 3 aliphatic rings. The number of nitrogens with one attached hydrogen (secondary N) is 1. The fourth-order valence-corrected chi connectivity index (χ4v) is 4.00. The van der Waals surface area contributed by atoms with Gasteiger partial charge in [-0.15, -0.1) is 0 Å². The van der Waals surface area contributed by atoms with Crippen molar-refractivity contribution in [3.63, 3.8) is 0 Å². The maximum absolute atomic E-state index is 12.0. The van der Waals surface area contributed by atoms with E-state index in [0.717, 1.165) is 19.3 Å². The Bertz CT molecular complexity index is 837. The smallest absolute Gasteiger partial charge is 0.408 e. The van der Waals surface area contributed by atoms with Gasteiger partial charge in [0.1, 0.15) is 11.4 Å². The topological polar surface area (TPSA) is 86.5 Å². The molecule has 1 aromatic carbocycles. The Kier molecular flexibility index (Phi) is 4.10. The average Bonchev–Trinajstić information content (AvgIpc) is 2.96. The second kappa shape index (κ2) is 6.12. The molecular weight excluding hydrogens is 370 g/mol. The lowest BCUT2D eigenvalue weighted by Gasteiger charge is -2.68. The number of nitrogens with zero attached hydrogens (tertiary/aromatic N) is 2. The zero-order valence-corrected chi connectivity index (χ0v) is 16.3. The van der Waals surface area contributed by atoms with E-state index >= 15 is 0 Å². The van der Waals surface area contributed by atoms with Crippen LogP contribution in [0.3, 0.4) is 0 Å². The van der Waals surface area contributed by atoms with Crippen molar-refractivity contribution in [2.75, 3.05) is 0 Å². The van der Waals surface area contributed by atoms with Crippen LogP contribution in [0.15, 0.2) is 28.8 Å². The predicted octanol–water partition coefficient (Wildman–Crippen LogP) is 4.00. The average molecular weight is 392 g/mol. The minimum absolute atomic E-state index is 0.124. The van der Waals surface area contributed by atoms with Gasteiger partial charge >= 0.3 is 6.09 Å². The van der Waals surface area contributed by atoms with Gasteiger partial charge in [-0.05, 0) is 64.3 Å². The first-order valence-electron chi connectivity index (χ1n) is 8.90. The van der Waals surface area contributed by atoms with E-state index in [2.05, 4.69) is 15.5 Å². The Morgan fingerprint density at radius 2 is 1.93 bits per heavy atom. The predicted molar refractivity (Wildman–Crippen MR) is 97.7 cm³/mol. The number of carbonyl (C=O) groups excluding carboxylic acids is 1. The van der Waals surface area contributed by atoms with Crippen LogP contribution >= 0.6 is 11.6 Å². The molecule has 1 heterocycles. The Morgan fingerprint density at radius 3 is 2.56 bits per heavy atom. The van der Waals surface area contributed by atoms with Crippen molar-refractivity contribution in [1.82, 2.24) is 15.5 Å². The molecule has 0 aliphatic heterocycles. The first-order valence-corrected chi connectivity index (χ1v) is 9.28. The summed E-state index contributed by atoms with van der Waals surface area (Å²) >= 11 is 5.85. The minimum atomic E-state index is -0.503. The molecule has 0 saturated heterocycles. The van der Waals surface area contributed by atoms with Crippen molar-refractivity contribution in [1.29, 1.82) is 0 Å². The standard InChI is InChI=1S/C19H22ClN3O4/c1-17(2,3)26-16(24)22-19-9-18(10-19,11-19)15-21-14(23-27-15)8-25-13-6-4-12(20)5-7-13/h4-7H,8-11H2,1-3H3,(H,22,24). The van der Waals surface area contributed by atoms with Gasteiger partial charge in [-0.25, -0.2) is 4.79 Å². The highest BCUT2D eigenvalue weighted by atomic mass is 35.5. The van der Waals surface area contributed by atoms with Gasteiger partial charge < -0.3 is 19.3 Å². The monoisotopic (exact) mass is 391 g/mol. The summed E-state index contributed by atoms with van der Waals surface area (Å²) in [5, 5.41) is 7.64. The molecule has 1 N–H and O–H groups in total. The molecule has 0 radical (unpaired) electrons. The van der Waals surface area contributed by atoms with Gasteiger partial charge in [0, 0.05) is 10.6 Å². The number of hydrogen-bond donors (Lipinski definition) is 1. The third kappa shape index (κ3) is 3.60. The number of aromatic nitrogens is 2. The lowest BCUT2D eigenvalue weighted by Crippen LogP contribution is -2.77. The van der Waals surface area contributed by atoms with Crippen LogP contribution in [-0.2, 0) is 16.8 Å². The van der Waals surface area contributed by atoms with Gasteiger partial charge in [-0.3, -0.25) is 0 Å². The molecule has 1 amide bonds. The molecule has 0 spiro atoms. The normalized spacial score (nSPS) is 25.9. The second-order valence-electron chi connectivity index (χ2n) is 8.48. The summed E-state index contributed by atoms with van der Waals surface area (Å²) in [6.45, 7) is 5.77. The van der Waals surface area contributed by atoms with Crippen molar-refractivity contribution in [2.45, 2.75) is 63.2 Å². The number of alkyl carbamates (subject to hydrolysis) is 1. The van der Waals surface area contributed by atoms with E-state index in [0.29, 0.717) is 22.5 Å². The highest BCUT2D eigenvalue weighted by Crippen LogP contribution is 2.67. The molecule has 3 fully saturated rings. The Morgan fingerprint density at radius 1 is 1.26 bits per heavy atom. The minimum Gasteiger partial charge on any atom is -0.485 e. The largest absolute Gasteiger partial charge is 0.485 e. The molecule has 144 valence electrons. The third-order valence-electron chi connectivity index (χ3n) is 4.90. The number of hydrogen-bond acceptors (Lipinski definition) is 6. The van der Waals surface area contributed by atoms with Gasteiger partial charge in [0.05, 0.1) is 5.41 Å². The summed E-state index contributed by atoms with van der Waals surface area (Å²) in [4.78, 5) is 16.4. The number of ether oxygens (including phenoxy) is 2. The van der Waals surface area contributed by atoms with E-state index in [9.17, 15) is 4.79 Å². The molecule has 7 nitrogen and oxygen atoms in total. The maximum atomic E-state index is 12.0. The molecule has 2 bridgehead atoms. The number of halogens is 1. The van der Waals surface area contributed by atoms with E-state index in [-0.39, 0.29) is 23.7 Å². The van der Waals surface area contributed by atoms with Crippen molar-refractivity contribution >= 4 is 17.7 Å². The van der Waals surface area contributed by atoms with Crippen molar-refractivity contribution < 1.29 is 18.8 Å². The SMILES string of the molecule is CC(C)(C)OC(=O)NC12CC(c3nc(COc4ccc(Cl)cc4)no3)(C1)C2. The molecule has 3 saturated carbocycles. The highest BCUT2D eigenvalue weighted by Gasteiger charge is 2.72. The van der Waals surface area contributed by atoms with Gasteiger partial charge in [0.15, 0.2) is 6.61 Å². The Labute approximate surface area is 162 Å². The van der Waals surface area contributed by atoms with Crippen LogP contribution in [0.4, 0.5) is 4.79 Å². The quantitative estimate of drug-likeness (QED) is 0.828. The molecule has 2 aromatic rings. The molecule has 8 heteroatoms. The van der Waals surface area contributed by atoms with Crippen molar-refractivity contribution in [3.05, 3.63) is 41.0 Å². The number of amides is 1. The summed E-state index contributed by atoms with van der Waals surface area (Å²) in [6.07, 6.45) is 2.00. The second-order valence-corrected chi connectivity index (χ2v) is 8.91. The molecule has 1 aromatic heterocycles. The fourth-order valence-electron chi connectivity index (χ4n) is 3.87. The summed E-state index contributed by atoms with van der Waals surface area (Å²) in [5.74, 6) is 1.81. The molecule has 3 aliphatic carbocycles. The van der Waals surface area contributed by atoms with Crippen LogP contribution in [-0.4, -0.2) is 27.4 Å². The summed E-state index contributed by atoms with van der Waals surface area (Å²) in [6, 6.07) is 7.10. The zero-order valence-electron chi connectivity index (χ0n) is 15.5. The number of rotatable bonds is 5. The zero-order chi connectivity index (χ0) is 19.3. The lowest BCUT2D eigenvalue weighted by molar-refractivity contribution is -0.105. The van der Waals surface area contributed by atoms with Gasteiger partial charge in [-0.2, -0.15) is 4.98 Å². The highest BCUT2D eigenvalue weighted by molar-refractivity contribution is 6.30. The van der Waals surface area contributed by atoms with Crippen LogP contribution in [0, 0.1) is 0 Å². The first kappa shape index (κ1) is 18.1. The van der Waals surface area contributed by atoms with Crippen LogP contribution < -0.4 is 10.1 Å². The van der Waals surface area contributed by atoms with Crippen LogP contribution in [0.2, 0.25) is 5.02 Å². The van der Waals surface area contributed by atoms with Crippen LogP contribution in [0.1, 0.15) is 51.7 Å². The maximum Gasteiger partial charge on any atom is 0.408 e. The lowest BCUT2D eigenvalue weighted by atomic mass is 9.39. The Hall–Kier alpha value is -2.28. The van der Waals surface area contributed by atoms with Gasteiger partial charge in [-0.1, -0.05) is 16.8 Å². The molecule has 0 unspecified atom stereocenters. The molecule has 0 atom stereocenters. The summed E-state index contributed by atoms with van der Waals surface area (Å²) < 4.78 is 16.4. The van der Waals surface area contributed by atoms with E-state index in [1.807, 2.05) is 20.8 Å². The van der Waals surface area contributed by atoms with E-state index < -0.39 is 5.60 Å². The first-order chi connectivity index (χ1) is 12.7. The van der Waals surface area contributed by atoms with Crippen LogP contribution in [0.5, 0.6) is 5.75 Å². The van der Waals surface area contributed by atoms with E-state index in [4.69, 9.17) is 25.6 Å². The Balaban J connectivity index is 1.30. The molecule has 27 heavy (non-hydrogen) atoms. The summed E-state index contributed by atoms with van der Waals surface area (Å²) in [5.41, 5.74) is -0.825.